The summed E-state index contributed by atoms with van der Waals surface area (Å²) >= 11 is 12.6. The standard InChI is InChI=1S/C12H14Br2ClNO/c1-2-4-16(5-3-13)12(17)9-6-10(14)8-11(15)7-9/h6-8H,2-5H2,1H3. The van der Waals surface area contributed by atoms with Crippen molar-refractivity contribution in [3.8, 4) is 0 Å². The Morgan fingerprint density at radius 2 is 2.06 bits per heavy atom. The van der Waals surface area contributed by atoms with Gasteiger partial charge in [-0.25, -0.2) is 0 Å². The van der Waals surface area contributed by atoms with E-state index in [4.69, 9.17) is 11.6 Å². The predicted molar refractivity (Wildman–Crippen MR) is 79.1 cm³/mol. The summed E-state index contributed by atoms with van der Waals surface area (Å²) in [7, 11) is 0. The maximum absolute atomic E-state index is 12.3. The normalized spacial score (nSPS) is 10.4. The minimum atomic E-state index is 0.0227. The number of hydrogen-bond donors (Lipinski definition) is 0. The zero-order chi connectivity index (χ0) is 12.8. The molecule has 2 nitrogen and oxygen atoms in total. The first-order valence-electron chi connectivity index (χ1n) is 5.39. The summed E-state index contributed by atoms with van der Waals surface area (Å²) in [5, 5.41) is 1.35. The van der Waals surface area contributed by atoms with Gasteiger partial charge in [0.1, 0.15) is 0 Å². The van der Waals surface area contributed by atoms with Gasteiger partial charge in [0.2, 0.25) is 0 Å². The van der Waals surface area contributed by atoms with Crippen LogP contribution in [0.5, 0.6) is 0 Å². The Hall–Kier alpha value is -0.0600. The molecule has 94 valence electrons. The van der Waals surface area contributed by atoms with Gasteiger partial charge in [0, 0.05) is 33.5 Å². The van der Waals surface area contributed by atoms with Gasteiger partial charge in [-0.3, -0.25) is 4.79 Å². The number of carbonyl (C=O) groups excluding carboxylic acids is 1. The van der Waals surface area contributed by atoms with Crippen molar-refractivity contribution in [2.24, 2.45) is 0 Å². The first-order valence-corrected chi connectivity index (χ1v) is 7.69. The van der Waals surface area contributed by atoms with Crippen molar-refractivity contribution in [1.82, 2.24) is 4.90 Å². The molecule has 0 spiro atoms. The molecule has 0 bridgehead atoms. The van der Waals surface area contributed by atoms with Crippen molar-refractivity contribution in [2.75, 3.05) is 18.4 Å². The van der Waals surface area contributed by atoms with Crippen LogP contribution in [-0.2, 0) is 0 Å². The van der Waals surface area contributed by atoms with Crippen LogP contribution in [0.3, 0.4) is 0 Å². The zero-order valence-corrected chi connectivity index (χ0v) is 13.5. The molecular formula is C12H14Br2ClNO. The van der Waals surface area contributed by atoms with Gasteiger partial charge < -0.3 is 4.90 Å². The van der Waals surface area contributed by atoms with Crippen LogP contribution in [0, 0.1) is 0 Å². The molecule has 0 aliphatic rings. The summed E-state index contributed by atoms with van der Waals surface area (Å²) in [6.45, 7) is 3.52. The zero-order valence-electron chi connectivity index (χ0n) is 9.55. The van der Waals surface area contributed by atoms with E-state index in [1.807, 2.05) is 4.90 Å². The highest BCUT2D eigenvalue weighted by Crippen LogP contribution is 2.20. The fraction of sp³-hybridized carbons (Fsp3) is 0.417. The maximum Gasteiger partial charge on any atom is 0.253 e. The predicted octanol–water partition coefficient (Wildman–Crippen LogP) is 4.35. The van der Waals surface area contributed by atoms with Gasteiger partial charge in [-0.15, -0.1) is 0 Å². The third kappa shape index (κ3) is 4.60. The van der Waals surface area contributed by atoms with E-state index in [1.54, 1.807) is 18.2 Å². The van der Waals surface area contributed by atoms with Gasteiger partial charge in [0.15, 0.2) is 0 Å². The molecule has 1 aromatic rings. The van der Waals surface area contributed by atoms with Gasteiger partial charge in [0.25, 0.3) is 5.91 Å². The van der Waals surface area contributed by atoms with Crippen molar-refractivity contribution < 1.29 is 4.79 Å². The molecule has 17 heavy (non-hydrogen) atoms. The van der Waals surface area contributed by atoms with E-state index < -0.39 is 0 Å². The fourth-order valence-corrected chi connectivity index (χ4v) is 2.83. The Morgan fingerprint density at radius 3 is 2.59 bits per heavy atom. The molecule has 0 atom stereocenters. The quantitative estimate of drug-likeness (QED) is 0.692. The van der Waals surface area contributed by atoms with Crippen LogP contribution < -0.4 is 0 Å². The van der Waals surface area contributed by atoms with Gasteiger partial charge in [-0.2, -0.15) is 0 Å². The van der Waals surface area contributed by atoms with E-state index in [9.17, 15) is 4.79 Å². The summed E-state index contributed by atoms with van der Waals surface area (Å²) in [5.74, 6) is 0.0227. The van der Waals surface area contributed by atoms with Crippen LogP contribution >= 0.6 is 43.5 Å². The highest BCUT2D eigenvalue weighted by atomic mass is 79.9. The van der Waals surface area contributed by atoms with Gasteiger partial charge in [0.05, 0.1) is 0 Å². The number of rotatable bonds is 5. The van der Waals surface area contributed by atoms with Crippen molar-refractivity contribution in [1.29, 1.82) is 0 Å². The number of amides is 1. The molecule has 0 unspecified atom stereocenters. The molecule has 0 fully saturated rings. The van der Waals surface area contributed by atoms with Gasteiger partial charge in [-0.05, 0) is 24.6 Å². The molecule has 0 aliphatic heterocycles. The largest absolute Gasteiger partial charge is 0.338 e. The molecule has 0 radical (unpaired) electrons. The smallest absolute Gasteiger partial charge is 0.253 e. The molecule has 0 aromatic heterocycles. The number of halogens is 3. The molecular weight excluding hydrogens is 369 g/mol. The number of hydrogen-bond acceptors (Lipinski definition) is 1. The third-order valence-electron chi connectivity index (χ3n) is 2.24. The first-order chi connectivity index (χ1) is 8.08. The average molecular weight is 384 g/mol. The molecule has 1 aromatic carbocycles. The number of nitrogens with zero attached hydrogens (tertiary/aromatic N) is 1. The number of carbonyl (C=O) groups is 1. The lowest BCUT2D eigenvalue weighted by molar-refractivity contribution is 0.0766. The van der Waals surface area contributed by atoms with Crippen LogP contribution in [-0.4, -0.2) is 29.2 Å². The highest BCUT2D eigenvalue weighted by molar-refractivity contribution is 9.10. The maximum atomic E-state index is 12.3. The molecule has 1 amide bonds. The van der Waals surface area contributed by atoms with E-state index in [0.717, 1.165) is 22.8 Å². The summed E-state index contributed by atoms with van der Waals surface area (Å²) in [4.78, 5) is 14.1. The molecule has 0 heterocycles. The van der Waals surface area contributed by atoms with E-state index in [2.05, 4.69) is 38.8 Å². The molecule has 1 rings (SSSR count). The van der Waals surface area contributed by atoms with Crippen LogP contribution in [0.4, 0.5) is 0 Å². The second-order valence-corrected chi connectivity index (χ2v) is 5.78. The van der Waals surface area contributed by atoms with Gasteiger partial charge >= 0.3 is 0 Å². The van der Waals surface area contributed by atoms with Crippen molar-refractivity contribution in [3.05, 3.63) is 33.3 Å². The minimum Gasteiger partial charge on any atom is -0.338 e. The average Bonchev–Trinajstić information content (AvgIpc) is 2.26. The molecule has 0 saturated heterocycles. The topological polar surface area (TPSA) is 20.3 Å². The summed E-state index contributed by atoms with van der Waals surface area (Å²) < 4.78 is 0.823. The summed E-state index contributed by atoms with van der Waals surface area (Å²) in [6.07, 6.45) is 0.945. The fourth-order valence-electron chi connectivity index (χ4n) is 1.55. The van der Waals surface area contributed by atoms with E-state index in [0.29, 0.717) is 17.1 Å². The van der Waals surface area contributed by atoms with Crippen LogP contribution in [0.1, 0.15) is 23.7 Å². The van der Waals surface area contributed by atoms with E-state index in [1.165, 1.54) is 0 Å². The Balaban J connectivity index is 2.92. The summed E-state index contributed by atoms with van der Waals surface area (Å²) in [6, 6.07) is 5.27. The molecule has 5 heteroatoms. The van der Waals surface area contributed by atoms with Crippen LogP contribution in [0.25, 0.3) is 0 Å². The second-order valence-electron chi connectivity index (χ2n) is 3.64. The Kier molecular flexibility index (Phi) is 6.52. The van der Waals surface area contributed by atoms with Crippen molar-refractivity contribution in [3.63, 3.8) is 0 Å². The van der Waals surface area contributed by atoms with E-state index in [-0.39, 0.29) is 5.91 Å². The Bertz CT molecular complexity index is 372. The summed E-state index contributed by atoms with van der Waals surface area (Å²) in [5.41, 5.74) is 0.624. The number of alkyl halides is 1. The monoisotopic (exact) mass is 381 g/mol. The minimum absolute atomic E-state index is 0.0227. The Labute approximate surface area is 124 Å². The van der Waals surface area contributed by atoms with Gasteiger partial charge in [-0.1, -0.05) is 50.4 Å². The molecule has 0 saturated carbocycles. The molecule has 0 N–H and O–H groups in total. The first kappa shape index (κ1) is 15.0. The van der Waals surface area contributed by atoms with Crippen LogP contribution in [0.15, 0.2) is 22.7 Å². The van der Waals surface area contributed by atoms with Crippen molar-refractivity contribution >= 4 is 49.4 Å². The SMILES string of the molecule is CCCN(CCBr)C(=O)c1cc(Cl)cc(Br)c1. The lowest BCUT2D eigenvalue weighted by atomic mass is 10.2. The highest BCUT2D eigenvalue weighted by Gasteiger charge is 2.15. The van der Waals surface area contributed by atoms with Crippen molar-refractivity contribution in [2.45, 2.75) is 13.3 Å². The lowest BCUT2D eigenvalue weighted by Gasteiger charge is -2.21. The molecule has 0 aliphatic carbocycles. The lowest BCUT2D eigenvalue weighted by Crippen LogP contribution is -2.33. The van der Waals surface area contributed by atoms with E-state index >= 15 is 0 Å². The Morgan fingerprint density at radius 1 is 1.35 bits per heavy atom. The second kappa shape index (κ2) is 7.39. The third-order valence-corrected chi connectivity index (χ3v) is 3.28. The van der Waals surface area contributed by atoms with Crippen LogP contribution in [0.2, 0.25) is 5.02 Å². The number of benzene rings is 1.